The van der Waals surface area contributed by atoms with E-state index in [4.69, 9.17) is 0 Å². The fourth-order valence-corrected chi connectivity index (χ4v) is 2.24. The predicted molar refractivity (Wildman–Crippen MR) is 84.3 cm³/mol. The molecule has 2 rings (SSSR count). The third-order valence-corrected chi connectivity index (χ3v) is 3.33. The van der Waals surface area contributed by atoms with E-state index in [0.717, 1.165) is 11.3 Å². The van der Waals surface area contributed by atoms with Crippen LogP contribution in [0.3, 0.4) is 0 Å². The Labute approximate surface area is 124 Å². The van der Waals surface area contributed by atoms with Crippen molar-refractivity contribution in [3.05, 3.63) is 35.4 Å². The Kier molecular flexibility index (Phi) is 4.08. The van der Waals surface area contributed by atoms with Gasteiger partial charge in [-0.25, -0.2) is 0 Å². The average molecular weight is 282 g/mol. The van der Waals surface area contributed by atoms with Crippen LogP contribution in [0, 0.1) is 11.3 Å². The first-order chi connectivity index (χ1) is 9.95. The van der Waals surface area contributed by atoms with Gasteiger partial charge < -0.3 is 9.80 Å². The van der Waals surface area contributed by atoms with Gasteiger partial charge in [0.15, 0.2) is 5.78 Å². The molecule has 0 amide bonds. The van der Waals surface area contributed by atoms with Crippen LogP contribution in [-0.4, -0.2) is 51.3 Å². The van der Waals surface area contributed by atoms with Crippen molar-refractivity contribution in [1.82, 2.24) is 4.90 Å². The van der Waals surface area contributed by atoms with Gasteiger partial charge in [0.05, 0.1) is 11.1 Å². The number of nitrogens with zero attached hydrogens (tertiary/aromatic N) is 4. The van der Waals surface area contributed by atoms with Crippen LogP contribution >= 0.6 is 0 Å². The van der Waals surface area contributed by atoms with Crippen molar-refractivity contribution in [3.63, 3.8) is 0 Å². The van der Waals surface area contributed by atoms with Gasteiger partial charge in [-0.3, -0.25) is 9.79 Å². The number of anilines is 1. The highest BCUT2D eigenvalue weighted by atomic mass is 16.1. The Morgan fingerprint density at radius 1 is 1.14 bits per heavy atom. The van der Waals surface area contributed by atoms with Crippen LogP contribution in [-0.2, 0) is 4.79 Å². The lowest BCUT2D eigenvalue weighted by atomic mass is 9.98. The highest BCUT2D eigenvalue weighted by molar-refractivity contribution is 6.31. The molecule has 0 unspecified atom stereocenters. The van der Waals surface area contributed by atoms with Crippen LogP contribution in [0.1, 0.15) is 5.56 Å². The molecule has 1 heterocycles. The summed E-state index contributed by atoms with van der Waals surface area (Å²) < 4.78 is 0. The third kappa shape index (κ3) is 2.79. The number of allylic oxidation sites excluding steroid dienone is 1. The number of carbonyl (C=O) groups excluding carboxylic acids is 1. The number of ketones is 1. The Bertz CT molecular complexity index is 661. The van der Waals surface area contributed by atoms with Gasteiger partial charge in [-0.05, 0) is 17.7 Å². The van der Waals surface area contributed by atoms with E-state index < -0.39 is 0 Å². The molecule has 5 heteroatoms. The molecule has 5 nitrogen and oxygen atoms in total. The van der Waals surface area contributed by atoms with Crippen LogP contribution in [0.5, 0.6) is 0 Å². The number of carbonyl (C=O) groups is 1. The highest BCUT2D eigenvalue weighted by Gasteiger charge is 2.28. The first kappa shape index (κ1) is 14.8. The second-order valence-electron chi connectivity index (χ2n) is 5.26. The summed E-state index contributed by atoms with van der Waals surface area (Å²) in [5.41, 5.74) is 2.58. The van der Waals surface area contributed by atoms with E-state index in [9.17, 15) is 10.1 Å². The maximum Gasteiger partial charge on any atom is 0.189 e. The van der Waals surface area contributed by atoms with Crippen molar-refractivity contribution >= 4 is 22.9 Å². The summed E-state index contributed by atoms with van der Waals surface area (Å²) in [6, 6.07) is 9.74. The average Bonchev–Trinajstić information content (AvgIpc) is 2.83. The summed E-state index contributed by atoms with van der Waals surface area (Å²) in [4.78, 5) is 20.0. The molecule has 21 heavy (non-hydrogen) atoms. The molecule has 0 saturated carbocycles. The molecule has 0 radical (unpaired) electrons. The smallest absolute Gasteiger partial charge is 0.189 e. The molecule has 1 aromatic carbocycles. The number of Topliss-reactive ketones (excluding diaryl/α,β-unsaturated/α-hetero) is 1. The highest BCUT2D eigenvalue weighted by Crippen LogP contribution is 2.25. The van der Waals surface area contributed by atoms with Crippen molar-refractivity contribution in [2.24, 2.45) is 4.99 Å². The first-order valence-corrected chi connectivity index (χ1v) is 6.63. The molecule has 0 N–H and O–H groups in total. The van der Waals surface area contributed by atoms with Gasteiger partial charge >= 0.3 is 0 Å². The number of rotatable bonds is 2. The third-order valence-electron chi connectivity index (χ3n) is 3.33. The van der Waals surface area contributed by atoms with E-state index in [1.165, 1.54) is 0 Å². The molecular weight excluding hydrogens is 264 g/mol. The molecule has 0 aliphatic carbocycles. The number of likely N-dealkylation sites (N-methyl/N-ethyl adjacent to an activating group) is 1. The van der Waals surface area contributed by atoms with Crippen molar-refractivity contribution < 1.29 is 4.79 Å². The molecule has 1 aromatic rings. The zero-order chi connectivity index (χ0) is 15.6. The fraction of sp³-hybridized carbons (Fsp3) is 0.312. The fourth-order valence-electron chi connectivity index (χ4n) is 2.24. The van der Waals surface area contributed by atoms with E-state index in [2.05, 4.69) is 11.1 Å². The quantitative estimate of drug-likeness (QED) is 0.610. The summed E-state index contributed by atoms with van der Waals surface area (Å²) >= 11 is 0. The van der Waals surface area contributed by atoms with E-state index in [1.807, 2.05) is 57.4 Å². The van der Waals surface area contributed by atoms with Gasteiger partial charge in [-0.2, -0.15) is 5.26 Å². The number of hydrogen-bond acceptors (Lipinski definition) is 5. The first-order valence-electron chi connectivity index (χ1n) is 6.63. The number of aliphatic imine (C=N–C) groups is 1. The molecule has 1 aliphatic heterocycles. The number of amidine groups is 1. The molecule has 0 spiro atoms. The van der Waals surface area contributed by atoms with Crippen molar-refractivity contribution in [3.8, 4) is 6.07 Å². The maximum atomic E-state index is 12.1. The molecule has 0 saturated heterocycles. The van der Waals surface area contributed by atoms with E-state index in [-0.39, 0.29) is 12.3 Å². The van der Waals surface area contributed by atoms with Crippen LogP contribution in [0.15, 0.2) is 34.8 Å². The van der Waals surface area contributed by atoms with Gasteiger partial charge in [0, 0.05) is 33.9 Å². The molecule has 0 bridgehead atoms. The molecule has 0 aromatic heterocycles. The lowest BCUT2D eigenvalue weighted by molar-refractivity contribution is -0.113. The summed E-state index contributed by atoms with van der Waals surface area (Å²) in [6.45, 7) is 0.115. The van der Waals surface area contributed by atoms with Crippen LogP contribution in [0.4, 0.5) is 5.69 Å². The van der Waals surface area contributed by atoms with Gasteiger partial charge in [0.2, 0.25) is 0 Å². The van der Waals surface area contributed by atoms with E-state index in [1.54, 1.807) is 4.90 Å². The minimum Gasteiger partial charge on any atom is -0.378 e. The second kappa shape index (κ2) is 5.80. The standard InChI is InChI=1S/C16H18N4O/c1-19(2)12-7-5-11(6-8-12)13(9-17)15-14(21)10-18-16(15)20(3)4/h5-8H,10H2,1-4H3. The van der Waals surface area contributed by atoms with Gasteiger partial charge in [-0.1, -0.05) is 12.1 Å². The number of nitriles is 1. The Balaban J connectivity index is 2.53. The summed E-state index contributed by atoms with van der Waals surface area (Å²) in [5, 5.41) is 9.49. The van der Waals surface area contributed by atoms with Crippen LogP contribution in [0.25, 0.3) is 5.57 Å². The maximum absolute atomic E-state index is 12.1. The largest absolute Gasteiger partial charge is 0.378 e. The topological polar surface area (TPSA) is 59.7 Å². The zero-order valence-electron chi connectivity index (χ0n) is 12.7. The zero-order valence-corrected chi connectivity index (χ0v) is 12.7. The summed E-state index contributed by atoms with van der Waals surface area (Å²) in [6.07, 6.45) is 0. The minimum atomic E-state index is -0.105. The van der Waals surface area contributed by atoms with Crippen molar-refractivity contribution in [2.45, 2.75) is 0 Å². The monoisotopic (exact) mass is 282 g/mol. The van der Waals surface area contributed by atoms with Crippen molar-refractivity contribution in [1.29, 1.82) is 5.26 Å². The Morgan fingerprint density at radius 3 is 2.24 bits per heavy atom. The summed E-state index contributed by atoms with van der Waals surface area (Å²) in [5.74, 6) is 0.472. The van der Waals surface area contributed by atoms with Gasteiger partial charge in [-0.15, -0.1) is 0 Å². The lowest BCUT2D eigenvalue weighted by Crippen LogP contribution is -2.24. The summed E-state index contributed by atoms with van der Waals surface area (Å²) in [7, 11) is 7.55. The minimum absolute atomic E-state index is 0.105. The number of benzene rings is 1. The van der Waals surface area contributed by atoms with Crippen molar-refractivity contribution in [2.75, 3.05) is 39.6 Å². The van der Waals surface area contributed by atoms with E-state index >= 15 is 0 Å². The van der Waals surface area contributed by atoms with Crippen LogP contribution in [0.2, 0.25) is 0 Å². The lowest BCUT2D eigenvalue weighted by Gasteiger charge is -2.15. The second-order valence-corrected chi connectivity index (χ2v) is 5.26. The van der Waals surface area contributed by atoms with Gasteiger partial charge in [0.25, 0.3) is 0 Å². The SMILES string of the molecule is CN(C)C1=NCC(=O)C1=C(C#N)c1ccc(N(C)C)cc1. The molecule has 1 aliphatic rings. The molecular formula is C16H18N4O. The molecule has 0 atom stereocenters. The van der Waals surface area contributed by atoms with Gasteiger partial charge in [0.1, 0.15) is 18.4 Å². The predicted octanol–water partition coefficient (Wildman–Crippen LogP) is 1.57. The molecule has 0 fully saturated rings. The number of hydrogen-bond donors (Lipinski definition) is 0. The van der Waals surface area contributed by atoms with Crippen LogP contribution < -0.4 is 4.90 Å². The van der Waals surface area contributed by atoms with E-state index in [0.29, 0.717) is 17.0 Å². The Hall–Kier alpha value is -2.61. The Morgan fingerprint density at radius 2 is 1.76 bits per heavy atom. The normalized spacial score (nSPS) is 16.3. The molecule has 108 valence electrons.